The maximum Gasteiger partial charge on any atom is 0.189 e. The summed E-state index contributed by atoms with van der Waals surface area (Å²) >= 11 is 10.2. The molecule has 6 heteroatoms. The molecule has 0 amide bonds. The SMILES string of the molecule is CCNC(=S)NNC(=S)Nc1ccc(C)cc1C. The number of rotatable bonds is 2. The molecule has 0 saturated carbocycles. The fourth-order valence-electron chi connectivity index (χ4n) is 1.43. The highest BCUT2D eigenvalue weighted by atomic mass is 32.1. The smallest absolute Gasteiger partial charge is 0.189 e. The first kappa shape index (κ1) is 14.7. The van der Waals surface area contributed by atoms with Crippen LogP contribution in [0.3, 0.4) is 0 Å². The van der Waals surface area contributed by atoms with Gasteiger partial charge in [-0.3, -0.25) is 10.9 Å². The van der Waals surface area contributed by atoms with Crippen molar-refractivity contribution >= 4 is 40.3 Å². The molecule has 4 nitrogen and oxygen atoms in total. The van der Waals surface area contributed by atoms with Crippen LogP contribution in [0.1, 0.15) is 18.1 Å². The number of anilines is 1. The van der Waals surface area contributed by atoms with Crippen molar-refractivity contribution in [3.05, 3.63) is 29.3 Å². The molecule has 0 aromatic heterocycles. The highest BCUT2D eigenvalue weighted by Gasteiger charge is 2.01. The van der Waals surface area contributed by atoms with Crippen LogP contribution in [0.4, 0.5) is 5.69 Å². The Labute approximate surface area is 119 Å². The molecular weight excluding hydrogens is 264 g/mol. The van der Waals surface area contributed by atoms with Crippen LogP contribution in [0.5, 0.6) is 0 Å². The molecule has 0 fully saturated rings. The topological polar surface area (TPSA) is 48.1 Å². The van der Waals surface area contributed by atoms with Crippen molar-refractivity contribution in [1.82, 2.24) is 16.2 Å². The average Bonchev–Trinajstić information content (AvgIpc) is 2.31. The Hall–Kier alpha value is -1.40. The van der Waals surface area contributed by atoms with Crippen molar-refractivity contribution in [3.8, 4) is 0 Å². The van der Waals surface area contributed by atoms with Gasteiger partial charge in [-0.25, -0.2) is 0 Å². The van der Waals surface area contributed by atoms with Crippen LogP contribution in [0.15, 0.2) is 18.2 Å². The first-order chi connectivity index (χ1) is 8.52. The molecule has 0 radical (unpaired) electrons. The molecule has 0 aliphatic heterocycles. The molecule has 0 atom stereocenters. The first-order valence-corrected chi connectivity index (χ1v) is 6.52. The largest absolute Gasteiger partial charge is 0.362 e. The summed E-state index contributed by atoms with van der Waals surface area (Å²) in [5.74, 6) is 0. The van der Waals surface area contributed by atoms with Crippen molar-refractivity contribution in [3.63, 3.8) is 0 Å². The summed E-state index contributed by atoms with van der Waals surface area (Å²) in [5.41, 5.74) is 8.98. The minimum atomic E-state index is 0.474. The summed E-state index contributed by atoms with van der Waals surface area (Å²) in [7, 11) is 0. The van der Waals surface area contributed by atoms with Crippen LogP contribution in [0.25, 0.3) is 0 Å². The fourth-order valence-corrected chi connectivity index (χ4v) is 1.78. The quantitative estimate of drug-likeness (QED) is 0.492. The molecule has 18 heavy (non-hydrogen) atoms. The van der Waals surface area contributed by atoms with Gasteiger partial charge in [0.2, 0.25) is 0 Å². The standard InChI is InChI=1S/C12H18N4S2/c1-4-13-11(17)15-16-12(18)14-10-6-5-8(2)7-9(10)3/h5-7H,4H2,1-3H3,(H2,13,15,17)(H2,14,16,18). The third-order valence-electron chi connectivity index (χ3n) is 2.26. The number of hydrogen-bond acceptors (Lipinski definition) is 2. The van der Waals surface area contributed by atoms with E-state index in [4.69, 9.17) is 24.4 Å². The van der Waals surface area contributed by atoms with Gasteiger partial charge < -0.3 is 10.6 Å². The van der Waals surface area contributed by atoms with E-state index in [1.807, 2.05) is 26.0 Å². The zero-order valence-corrected chi connectivity index (χ0v) is 12.4. The Morgan fingerprint density at radius 3 is 2.39 bits per heavy atom. The van der Waals surface area contributed by atoms with E-state index in [2.05, 4.69) is 34.5 Å². The van der Waals surface area contributed by atoms with Crippen LogP contribution in [-0.2, 0) is 0 Å². The predicted octanol–water partition coefficient (Wildman–Crippen LogP) is 1.99. The normalized spacial score (nSPS) is 9.50. The molecule has 1 rings (SSSR count). The summed E-state index contributed by atoms with van der Waals surface area (Å²) < 4.78 is 0. The van der Waals surface area contributed by atoms with E-state index in [1.54, 1.807) is 0 Å². The van der Waals surface area contributed by atoms with Gasteiger partial charge in [-0.2, -0.15) is 0 Å². The number of aryl methyl sites for hydroxylation is 2. The first-order valence-electron chi connectivity index (χ1n) is 5.71. The maximum absolute atomic E-state index is 5.16. The molecule has 1 aromatic carbocycles. The van der Waals surface area contributed by atoms with Crippen LogP contribution in [-0.4, -0.2) is 16.8 Å². The number of hydrazine groups is 1. The lowest BCUT2D eigenvalue weighted by molar-refractivity contribution is 0.825. The number of hydrogen-bond donors (Lipinski definition) is 4. The summed E-state index contributed by atoms with van der Waals surface area (Å²) in [5, 5.41) is 7.05. The molecule has 0 heterocycles. The molecular formula is C12H18N4S2. The molecule has 0 saturated heterocycles. The van der Waals surface area contributed by atoms with Gasteiger partial charge in [-0.05, 0) is 56.8 Å². The van der Waals surface area contributed by atoms with E-state index in [1.165, 1.54) is 5.56 Å². The second kappa shape index (κ2) is 7.13. The Morgan fingerprint density at radius 2 is 1.78 bits per heavy atom. The van der Waals surface area contributed by atoms with E-state index in [-0.39, 0.29) is 0 Å². The van der Waals surface area contributed by atoms with Gasteiger partial charge in [0.1, 0.15) is 0 Å². The Kier molecular flexibility index (Phi) is 5.80. The van der Waals surface area contributed by atoms with E-state index in [0.29, 0.717) is 10.2 Å². The van der Waals surface area contributed by atoms with Crippen molar-refractivity contribution in [2.45, 2.75) is 20.8 Å². The van der Waals surface area contributed by atoms with Crippen molar-refractivity contribution in [2.75, 3.05) is 11.9 Å². The molecule has 0 spiro atoms. The van der Waals surface area contributed by atoms with Crippen LogP contribution in [0, 0.1) is 13.8 Å². The zero-order chi connectivity index (χ0) is 13.5. The summed E-state index contributed by atoms with van der Waals surface area (Å²) in [4.78, 5) is 0. The number of benzene rings is 1. The second-order valence-corrected chi connectivity index (χ2v) is 4.70. The van der Waals surface area contributed by atoms with Gasteiger partial charge in [-0.1, -0.05) is 17.7 Å². The molecule has 0 aliphatic rings. The maximum atomic E-state index is 5.16. The van der Waals surface area contributed by atoms with E-state index in [9.17, 15) is 0 Å². The van der Waals surface area contributed by atoms with Gasteiger partial charge in [0.25, 0.3) is 0 Å². The van der Waals surface area contributed by atoms with Crippen molar-refractivity contribution in [2.24, 2.45) is 0 Å². The third-order valence-corrected chi connectivity index (χ3v) is 2.71. The zero-order valence-electron chi connectivity index (χ0n) is 10.8. The lowest BCUT2D eigenvalue weighted by Gasteiger charge is -2.15. The molecule has 4 N–H and O–H groups in total. The van der Waals surface area contributed by atoms with Gasteiger partial charge in [0, 0.05) is 12.2 Å². The fraction of sp³-hybridized carbons (Fsp3) is 0.333. The summed E-state index contributed by atoms with van der Waals surface area (Å²) in [6.45, 7) is 6.84. The minimum Gasteiger partial charge on any atom is -0.362 e. The Balaban J connectivity index is 2.47. The van der Waals surface area contributed by atoms with Crippen LogP contribution >= 0.6 is 24.4 Å². The molecule has 98 valence electrons. The van der Waals surface area contributed by atoms with Crippen LogP contribution < -0.4 is 21.5 Å². The average molecular weight is 282 g/mol. The lowest BCUT2D eigenvalue weighted by atomic mass is 10.1. The van der Waals surface area contributed by atoms with Gasteiger partial charge in [-0.15, -0.1) is 0 Å². The highest BCUT2D eigenvalue weighted by Crippen LogP contribution is 2.15. The summed E-state index contributed by atoms with van der Waals surface area (Å²) in [6, 6.07) is 6.14. The van der Waals surface area contributed by atoms with Gasteiger partial charge >= 0.3 is 0 Å². The Bertz CT molecular complexity index is 446. The predicted molar refractivity (Wildman–Crippen MR) is 84.7 cm³/mol. The second-order valence-electron chi connectivity index (χ2n) is 3.88. The summed E-state index contributed by atoms with van der Waals surface area (Å²) in [6.07, 6.45) is 0. The molecule has 0 bridgehead atoms. The van der Waals surface area contributed by atoms with Crippen LogP contribution in [0.2, 0.25) is 0 Å². The van der Waals surface area contributed by atoms with Gasteiger partial charge in [0.05, 0.1) is 0 Å². The van der Waals surface area contributed by atoms with E-state index in [0.717, 1.165) is 17.8 Å². The molecule has 0 unspecified atom stereocenters. The van der Waals surface area contributed by atoms with Crippen molar-refractivity contribution < 1.29 is 0 Å². The molecule has 0 aliphatic carbocycles. The minimum absolute atomic E-state index is 0.474. The lowest BCUT2D eigenvalue weighted by Crippen LogP contribution is -2.48. The highest BCUT2D eigenvalue weighted by molar-refractivity contribution is 7.80. The number of nitrogens with one attached hydrogen (secondary N) is 4. The monoisotopic (exact) mass is 282 g/mol. The Morgan fingerprint density at radius 1 is 1.11 bits per heavy atom. The van der Waals surface area contributed by atoms with E-state index < -0.39 is 0 Å². The van der Waals surface area contributed by atoms with E-state index >= 15 is 0 Å². The number of thiocarbonyl (C=S) groups is 2. The third kappa shape index (κ3) is 4.85. The van der Waals surface area contributed by atoms with Crippen molar-refractivity contribution in [1.29, 1.82) is 0 Å². The van der Waals surface area contributed by atoms with Gasteiger partial charge in [0.15, 0.2) is 10.2 Å². The molecule has 1 aromatic rings.